The number of carbonyl (C=O) groups is 2. The van der Waals surface area contributed by atoms with Crippen LogP contribution in [0.3, 0.4) is 0 Å². The Balaban J connectivity index is 2.63. The maximum Gasteiger partial charge on any atom is 0.243 e. The van der Waals surface area contributed by atoms with Gasteiger partial charge in [-0.15, -0.1) is 0 Å². The molecule has 0 aliphatic rings. The molecule has 0 bridgehead atoms. The normalized spacial score (nSPS) is 12.1. The number of hydrogen-bond donors (Lipinski definition) is 2. The van der Waals surface area contributed by atoms with Gasteiger partial charge in [-0.1, -0.05) is 13.8 Å². The zero-order valence-electron chi connectivity index (χ0n) is 12.2. The Morgan fingerprint density at radius 2 is 1.76 bits per heavy atom. The van der Waals surface area contributed by atoms with Gasteiger partial charge in [-0.05, 0) is 18.1 Å². The Bertz CT molecular complexity index is 515. The molecule has 0 spiro atoms. The number of halogens is 2. The molecule has 0 heterocycles. The van der Waals surface area contributed by atoms with Gasteiger partial charge in [0.15, 0.2) is 0 Å². The highest BCUT2D eigenvalue weighted by Gasteiger charge is 2.22. The van der Waals surface area contributed by atoms with Gasteiger partial charge in [0.2, 0.25) is 11.8 Å². The highest BCUT2D eigenvalue weighted by atomic mass is 19.1. The van der Waals surface area contributed by atoms with Crippen molar-refractivity contribution in [2.75, 3.05) is 18.9 Å². The van der Waals surface area contributed by atoms with Crippen molar-refractivity contribution < 1.29 is 18.4 Å². The highest BCUT2D eigenvalue weighted by Crippen LogP contribution is 2.12. The first-order valence-corrected chi connectivity index (χ1v) is 6.47. The summed E-state index contributed by atoms with van der Waals surface area (Å²) in [4.78, 5) is 24.8. The fourth-order valence-electron chi connectivity index (χ4n) is 1.66. The number of carbonyl (C=O) groups excluding carboxylic acids is 2. The zero-order chi connectivity index (χ0) is 16.2. The second-order valence-electron chi connectivity index (χ2n) is 5.17. The molecule has 116 valence electrons. The predicted octanol–water partition coefficient (Wildman–Crippen LogP) is 1.34. The topological polar surface area (TPSA) is 75.4 Å². The first kappa shape index (κ1) is 17.0. The minimum absolute atomic E-state index is 0.00786. The summed E-state index contributed by atoms with van der Waals surface area (Å²) in [5.41, 5.74) is 5.70. The van der Waals surface area contributed by atoms with E-state index in [1.54, 1.807) is 13.8 Å². The fraction of sp³-hybridized carbons (Fsp3) is 0.429. The van der Waals surface area contributed by atoms with E-state index in [2.05, 4.69) is 5.32 Å². The molecule has 0 aliphatic heterocycles. The van der Waals surface area contributed by atoms with Crippen molar-refractivity contribution in [1.82, 2.24) is 4.90 Å². The number of benzene rings is 1. The molecule has 2 amide bonds. The van der Waals surface area contributed by atoms with Crippen LogP contribution in [-0.2, 0) is 9.59 Å². The van der Waals surface area contributed by atoms with Crippen LogP contribution in [0.25, 0.3) is 0 Å². The zero-order valence-corrected chi connectivity index (χ0v) is 12.2. The second-order valence-corrected chi connectivity index (χ2v) is 5.17. The minimum atomic E-state index is -0.795. The number of amides is 2. The van der Waals surface area contributed by atoms with Crippen LogP contribution in [0.2, 0.25) is 0 Å². The van der Waals surface area contributed by atoms with Gasteiger partial charge in [0.05, 0.1) is 12.6 Å². The average Bonchev–Trinajstić information content (AvgIpc) is 2.35. The highest BCUT2D eigenvalue weighted by molar-refractivity contribution is 5.95. The summed E-state index contributed by atoms with van der Waals surface area (Å²) in [6.07, 6.45) is 0. The molecule has 0 aliphatic carbocycles. The van der Waals surface area contributed by atoms with Gasteiger partial charge in [-0.3, -0.25) is 9.59 Å². The molecule has 0 radical (unpaired) electrons. The Labute approximate surface area is 122 Å². The summed E-state index contributed by atoms with van der Waals surface area (Å²) in [6, 6.07) is 1.98. The summed E-state index contributed by atoms with van der Waals surface area (Å²) in [7, 11) is 1.44. The largest absolute Gasteiger partial charge is 0.335 e. The molecular formula is C14H19F2N3O2. The smallest absolute Gasteiger partial charge is 0.243 e. The van der Waals surface area contributed by atoms with Crippen LogP contribution >= 0.6 is 0 Å². The van der Waals surface area contributed by atoms with Crippen LogP contribution in [0, 0.1) is 17.6 Å². The van der Waals surface area contributed by atoms with Crippen LogP contribution in [0.5, 0.6) is 0 Å². The number of hydrogen-bond acceptors (Lipinski definition) is 3. The standard InChI is InChI=1S/C14H19F2N3O2/c1-8(2)13(17)14(21)19(3)7-12(20)18-11-5-9(15)4-10(16)6-11/h4-6,8,13H,7,17H2,1-3H3,(H,18,20)/t13-/m0/s1. The van der Waals surface area contributed by atoms with Gasteiger partial charge in [-0.2, -0.15) is 0 Å². The van der Waals surface area contributed by atoms with Crippen LogP contribution in [0.1, 0.15) is 13.8 Å². The number of anilines is 1. The van der Waals surface area contributed by atoms with Crippen LogP contribution in [-0.4, -0.2) is 36.3 Å². The summed E-state index contributed by atoms with van der Waals surface area (Å²) in [5.74, 6) is -2.58. The van der Waals surface area contributed by atoms with Crippen molar-refractivity contribution in [3.63, 3.8) is 0 Å². The van der Waals surface area contributed by atoms with Crippen LogP contribution in [0.4, 0.5) is 14.5 Å². The van der Waals surface area contributed by atoms with Crippen molar-refractivity contribution in [2.24, 2.45) is 11.7 Å². The lowest BCUT2D eigenvalue weighted by Gasteiger charge is -2.22. The maximum absolute atomic E-state index is 13.0. The van der Waals surface area contributed by atoms with E-state index in [1.807, 2.05) is 0 Å². The van der Waals surface area contributed by atoms with Crippen LogP contribution < -0.4 is 11.1 Å². The number of nitrogens with one attached hydrogen (secondary N) is 1. The minimum Gasteiger partial charge on any atom is -0.335 e. The summed E-state index contributed by atoms with van der Waals surface area (Å²) < 4.78 is 26.0. The lowest BCUT2D eigenvalue weighted by molar-refractivity contribution is -0.135. The number of likely N-dealkylation sites (N-methyl/N-ethyl adjacent to an activating group) is 1. The molecule has 1 atom stereocenters. The third-order valence-electron chi connectivity index (χ3n) is 2.91. The van der Waals surface area contributed by atoms with E-state index in [0.29, 0.717) is 6.07 Å². The van der Waals surface area contributed by atoms with Gasteiger partial charge in [-0.25, -0.2) is 8.78 Å². The van der Waals surface area contributed by atoms with Crippen molar-refractivity contribution in [3.05, 3.63) is 29.8 Å². The average molecular weight is 299 g/mol. The molecule has 1 aromatic rings. The molecule has 0 saturated heterocycles. The lowest BCUT2D eigenvalue weighted by atomic mass is 10.0. The molecule has 0 aromatic heterocycles. The lowest BCUT2D eigenvalue weighted by Crippen LogP contribution is -2.47. The summed E-state index contributed by atoms with van der Waals surface area (Å²) >= 11 is 0. The summed E-state index contributed by atoms with van der Waals surface area (Å²) in [6.45, 7) is 3.34. The molecule has 21 heavy (non-hydrogen) atoms. The Hall–Kier alpha value is -2.02. The second kappa shape index (κ2) is 7.12. The first-order valence-electron chi connectivity index (χ1n) is 6.47. The van der Waals surface area contributed by atoms with Crippen molar-refractivity contribution in [2.45, 2.75) is 19.9 Å². The molecule has 0 saturated carbocycles. The van der Waals surface area contributed by atoms with E-state index < -0.39 is 23.6 Å². The van der Waals surface area contributed by atoms with Gasteiger partial charge < -0.3 is 16.0 Å². The van der Waals surface area contributed by atoms with Crippen molar-refractivity contribution in [3.8, 4) is 0 Å². The number of rotatable bonds is 5. The third kappa shape index (κ3) is 5.11. The van der Waals surface area contributed by atoms with E-state index >= 15 is 0 Å². The van der Waals surface area contributed by atoms with Gasteiger partial charge in [0, 0.05) is 18.8 Å². The van der Waals surface area contributed by atoms with E-state index in [9.17, 15) is 18.4 Å². The SMILES string of the molecule is CC(C)[C@H](N)C(=O)N(C)CC(=O)Nc1cc(F)cc(F)c1. The van der Waals surface area contributed by atoms with Gasteiger partial charge in [0.1, 0.15) is 11.6 Å². The van der Waals surface area contributed by atoms with E-state index in [1.165, 1.54) is 11.9 Å². The van der Waals surface area contributed by atoms with Crippen LogP contribution in [0.15, 0.2) is 18.2 Å². The summed E-state index contributed by atoms with van der Waals surface area (Å²) in [5, 5.41) is 2.32. The van der Waals surface area contributed by atoms with E-state index in [4.69, 9.17) is 5.73 Å². The van der Waals surface area contributed by atoms with Crippen molar-refractivity contribution in [1.29, 1.82) is 0 Å². The maximum atomic E-state index is 13.0. The molecule has 3 N–H and O–H groups in total. The molecule has 7 heteroatoms. The van der Waals surface area contributed by atoms with Crippen molar-refractivity contribution >= 4 is 17.5 Å². The molecule has 1 rings (SSSR count). The number of nitrogens with two attached hydrogens (primary N) is 1. The molecule has 1 aromatic carbocycles. The van der Waals surface area contributed by atoms with E-state index in [0.717, 1.165) is 12.1 Å². The van der Waals surface area contributed by atoms with Gasteiger partial charge in [0.25, 0.3) is 0 Å². The number of nitrogens with zero attached hydrogens (tertiary/aromatic N) is 1. The first-order chi connectivity index (χ1) is 9.70. The Kier molecular flexibility index (Phi) is 5.78. The third-order valence-corrected chi connectivity index (χ3v) is 2.91. The molecule has 5 nitrogen and oxygen atoms in total. The fourth-order valence-corrected chi connectivity index (χ4v) is 1.66. The van der Waals surface area contributed by atoms with E-state index in [-0.39, 0.29) is 24.1 Å². The Morgan fingerprint density at radius 3 is 2.24 bits per heavy atom. The quantitative estimate of drug-likeness (QED) is 0.861. The molecule has 0 unspecified atom stereocenters. The van der Waals surface area contributed by atoms with Gasteiger partial charge >= 0.3 is 0 Å². The molecule has 0 fully saturated rings. The Morgan fingerprint density at radius 1 is 1.24 bits per heavy atom. The molecular weight excluding hydrogens is 280 g/mol. The monoisotopic (exact) mass is 299 g/mol. The predicted molar refractivity (Wildman–Crippen MR) is 75.4 cm³/mol.